The summed E-state index contributed by atoms with van der Waals surface area (Å²) in [4.78, 5) is 38.7. The highest BCUT2D eigenvalue weighted by Gasteiger charge is 2.25. The summed E-state index contributed by atoms with van der Waals surface area (Å²) >= 11 is 0. The van der Waals surface area contributed by atoms with Gasteiger partial charge in [-0.3, -0.25) is 9.59 Å². The van der Waals surface area contributed by atoms with Gasteiger partial charge in [-0.15, -0.1) is 0 Å². The molecule has 3 N–H and O–H groups in total. The largest absolute Gasteiger partial charge is 0.364 e. The summed E-state index contributed by atoms with van der Waals surface area (Å²) in [6.45, 7) is 5.62. The molecule has 2 amide bonds. The van der Waals surface area contributed by atoms with Gasteiger partial charge in [-0.25, -0.2) is 9.97 Å². The molecule has 0 saturated carbocycles. The average Bonchev–Trinajstić information content (AvgIpc) is 3.36. The second-order valence-corrected chi connectivity index (χ2v) is 8.01. The van der Waals surface area contributed by atoms with E-state index in [-0.39, 0.29) is 17.9 Å². The summed E-state index contributed by atoms with van der Waals surface area (Å²) in [7, 11) is 0. The number of aromatic nitrogens is 3. The van der Waals surface area contributed by atoms with Crippen LogP contribution < -0.4 is 10.6 Å². The molecule has 8 heteroatoms. The number of amides is 2. The number of fused-ring (bicyclic) bond motifs is 2. The number of anilines is 1. The minimum atomic E-state index is -0.0421. The summed E-state index contributed by atoms with van der Waals surface area (Å²) in [6, 6.07) is 7.96. The Morgan fingerprint density at radius 1 is 1.27 bits per heavy atom. The first-order valence-corrected chi connectivity index (χ1v) is 10.3. The number of nitrogens with one attached hydrogen (secondary N) is 3. The topological polar surface area (TPSA) is 103 Å². The number of aromatic amines is 1. The van der Waals surface area contributed by atoms with Crippen molar-refractivity contribution in [1.82, 2.24) is 25.2 Å². The van der Waals surface area contributed by atoms with E-state index in [1.165, 1.54) is 0 Å². The highest BCUT2D eigenvalue weighted by Crippen LogP contribution is 2.30. The zero-order valence-electron chi connectivity index (χ0n) is 17.1. The molecule has 0 bridgehead atoms. The maximum atomic E-state index is 12.2. The average molecular weight is 404 g/mol. The Bertz CT molecular complexity index is 1170. The maximum Gasteiger partial charge on any atom is 0.253 e. The Morgan fingerprint density at radius 2 is 2.13 bits per heavy atom. The molecule has 30 heavy (non-hydrogen) atoms. The lowest BCUT2D eigenvalue weighted by Gasteiger charge is -2.17. The highest BCUT2D eigenvalue weighted by molar-refractivity contribution is 5.99. The summed E-state index contributed by atoms with van der Waals surface area (Å²) < 4.78 is 0. The van der Waals surface area contributed by atoms with Crippen molar-refractivity contribution in [2.75, 3.05) is 25.0 Å². The predicted octanol–water partition coefficient (Wildman–Crippen LogP) is 2.25. The molecule has 1 atom stereocenters. The van der Waals surface area contributed by atoms with Crippen molar-refractivity contribution in [2.24, 2.45) is 0 Å². The van der Waals surface area contributed by atoms with Crippen molar-refractivity contribution >= 4 is 28.7 Å². The van der Waals surface area contributed by atoms with Crippen LogP contribution in [0.25, 0.3) is 22.3 Å². The Hall–Kier alpha value is -3.42. The van der Waals surface area contributed by atoms with E-state index in [0.29, 0.717) is 18.7 Å². The van der Waals surface area contributed by atoms with Crippen molar-refractivity contribution in [2.45, 2.75) is 32.7 Å². The minimum absolute atomic E-state index is 0.0421. The van der Waals surface area contributed by atoms with Gasteiger partial charge in [0, 0.05) is 56.0 Å². The lowest BCUT2D eigenvalue weighted by atomic mass is 10.1. The van der Waals surface area contributed by atoms with Crippen molar-refractivity contribution in [3.63, 3.8) is 0 Å². The fourth-order valence-electron chi connectivity index (χ4n) is 4.32. The monoisotopic (exact) mass is 404 g/mol. The zero-order valence-corrected chi connectivity index (χ0v) is 17.1. The summed E-state index contributed by atoms with van der Waals surface area (Å²) in [5, 5.41) is 6.36. The van der Waals surface area contributed by atoms with Crippen LogP contribution in [0.2, 0.25) is 0 Å². The van der Waals surface area contributed by atoms with E-state index in [4.69, 9.17) is 9.97 Å². The summed E-state index contributed by atoms with van der Waals surface area (Å²) in [6.07, 6.45) is 1.68. The number of para-hydroxylation sites is 1. The number of hydrogen-bond donors (Lipinski definition) is 3. The van der Waals surface area contributed by atoms with Crippen LogP contribution in [0.4, 0.5) is 5.82 Å². The van der Waals surface area contributed by atoms with Crippen LogP contribution in [0, 0.1) is 6.92 Å². The van der Waals surface area contributed by atoms with Crippen LogP contribution in [0.1, 0.15) is 35.1 Å². The van der Waals surface area contributed by atoms with Gasteiger partial charge in [-0.05, 0) is 25.5 Å². The van der Waals surface area contributed by atoms with Crippen LogP contribution in [0.5, 0.6) is 0 Å². The van der Waals surface area contributed by atoms with E-state index in [1.54, 1.807) is 6.92 Å². The molecule has 2 aliphatic rings. The molecule has 4 heterocycles. The number of H-pyrrole nitrogens is 1. The predicted molar refractivity (Wildman–Crippen MR) is 114 cm³/mol. The van der Waals surface area contributed by atoms with Gasteiger partial charge >= 0.3 is 0 Å². The molecule has 0 aliphatic carbocycles. The lowest BCUT2D eigenvalue weighted by molar-refractivity contribution is -0.127. The van der Waals surface area contributed by atoms with Crippen LogP contribution in [0.3, 0.4) is 0 Å². The van der Waals surface area contributed by atoms with Crippen molar-refractivity contribution in [3.8, 4) is 11.3 Å². The third-order valence-electron chi connectivity index (χ3n) is 5.94. The zero-order chi connectivity index (χ0) is 20.8. The molecule has 3 aromatic rings. The van der Waals surface area contributed by atoms with Crippen LogP contribution in [-0.2, 0) is 11.2 Å². The van der Waals surface area contributed by atoms with E-state index in [9.17, 15) is 9.59 Å². The van der Waals surface area contributed by atoms with Gasteiger partial charge in [0.15, 0.2) is 0 Å². The molecule has 2 aliphatic heterocycles. The minimum Gasteiger partial charge on any atom is -0.364 e. The Morgan fingerprint density at radius 3 is 2.90 bits per heavy atom. The molecule has 1 fully saturated rings. The first-order chi connectivity index (χ1) is 14.5. The summed E-state index contributed by atoms with van der Waals surface area (Å²) in [5.41, 5.74) is 5.86. The Labute approximate surface area is 174 Å². The van der Waals surface area contributed by atoms with Gasteiger partial charge in [0.2, 0.25) is 5.91 Å². The summed E-state index contributed by atoms with van der Waals surface area (Å²) in [5.74, 6) is 0.793. The van der Waals surface area contributed by atoms with Gasteiger partial charge in [-0.2, -0.15) is 0 Å². The number of nitrogens with zero attached hydrogens (tertiary/aromatic N) is 3. The quantitative estimate of drug-likeness (QED) is 0.621. The molecule has 1 saturated heterocycles. The molecular weight excluding hydrogens is 380 g/mol. The number of hydrogen-bond acceptors (Lipinski definition) is 5. The van der Waals surface area contributed by atoms with E-state index in [2.05, 4.69) is 15.6 Å². The van der Waals surface area contributed by atoms with Crippen molar-refractivity contribution in [1.29, 1.82) is 0 Å². The third kappa shape index (κ3) is 3.18. The van der Waals surface area contributed by atoms with Gasteiger partial charge in [0.25, 0.3) is 5.91 Å². The third-order valence-corrected chi connectivity index (χ3v) is 5.94. The van der Waals surface area contributed by atoms with Crippen LogP contribution >= 0.6 is 0 Å². The molecule has 0 spiro atoms. The van der Waals surface area contributed by atoms with Crippen molar-refractivity contribution < 1.29 is 9.59 Å². The standard InChI is InChI=1S/C22H24N6O2/c1-12-21(25-14-7-9-28(11-14)13(2)29)27-20-15(4-3-5-18(20)24-12)19-10-16-17(26-19)6-8-23-22(16)30/h3-5,10,14,26H,6-9,11H2,1-2H3,(H,23,30)(H,25,27)/t14-/m0/s1. The normalized spacial score (nSPS) is 18.4. The first kappa shape index (κ1) is 18.6. The van der Waals surface area contributed by atoms with Crippen LogP contribution in [-0.4, -0.2) is 57.3 Å². The van der Waals surface area contributed by atoms with E-state index in [1.807, 2.05) is 36.1 Å². The number of aryl methyl sites for hydroxylation is 1. The van der Waals surface area contributed by atoms with Gasteiger partial charge in [-0.1, -0.05) is 12.1 Å². The second kappa shape index (κ2) is 7.12. The van der Waals surface area contributed by atoms with Gasteiger partial charge in [0.1, 0.15) is 11.3 Å². The second-order valence-electron chi connectivity index (χ2n) is 8.01. The van der Waals surface area contributed by atoms with Crippen molar-refractivity contribution in [3.05, 3.63) is 41.2 Å². The molecule has 2 aromatic heterocycles. The number of carbonyl (C=O) groups excluding carboxylic acids is 2. The number of carbonyl (C=O) groups is 2. The number of likely N-dealkylation sites (tertiary alicyclic amines) is 1. The molecule has 154 valence electrons. The fraction of sp³-hybridized carbons (Fsp3) is 0.364. The Balaban J connectivity index is 1.52. The smallest absolute Gasteiger partial charge is 0.253 e. The Kier molecular flexibility index (Phi) is 4.42. The molecule has 5 rings (SSSR count). The molecule has 0 radical (unpaired) electrons. The van der Waals surface area contributed by atoms with E-state index >= 15 is 0 Å². The fourth-order valence-corrected chi connectivity index (χ4v) is 4.32. The van der Waals surface area contributed by atoms with Gasteiger partial charge in [0.05, 0.1) is 16.8 Å². The van der Waals surface area contributed by atoms with Gasteiger partial charge < -0.3 is 20.5 Å². The van der Waals surface area contributed by atoms with E-state index < -0.39 is 0 Å². The maximum absolute atomic E-state index is 12.2. The molecule has 8 nitrogen and oxygen atoms in total. The molecule has 0 unspecified atom stereocenters. The lowest BCUT2D eigenvalue weighted by Crippen LogP contribution is -2.31. The molecular formula is C22H24N6O2. The first-order valence-electron chi connectivity index (χ1n) is 10.3. The number of benzene rings is 1. The van der Waals surface area contributed by atoms with Crippen LogP contribution in [0.15, 0.2) is 24.3 Å². The SMILES string of the molecule is CC(=O)N1CC[C@H](Nc2nc3c(-c4cc5c([nH]4)CCNC5=O)cccc3nc2C)C1. The number of rotatable bonds is 3. The highest BCUT2D eigenvalue weighted by atomic mass is 16.2. The molecule has 1 aromatic carbocycles. The van der Waals surface area contributed by atoms with E-state index in [0.717, 1.165) is 58.9 Å².